The molecule has 1 unspecified atom stereocenters. The summed E-state index contributed by atoms with van der Waals surface area (Å²) in [5.41, 5.74) is 6.74. The molecule has 0 radical (unpaired) electrons. The van der Waals surface area contributed by atoms with Crippen LogP contribution < -0.4 is 15.9 Å². The molecule has 114 valence electrons. The molecule has 1 atom stereocenters. The van der Waals surface area contributed by atoms with Gasteiger partial charge in [-0.25, -0.2) is 4.98 Å². The molecule has 0 aliphatic heterocycles. The maximum atomic E-state index is 11.9. The highest BCUT2D eigenvalue weighted by molar-refractivity contribution is 7.61. The predicted molar refractivity (Wildman–Crippen MR) is 79.8 cm³/mol. The molecule has 0 amide bonds. The van der Waals surface area contributed by atoms with E-state index in [-0.39, 0.29) is 17.9 Å². The van der Waals surface area contributed by atoms with Gasteiger partial charge in [-0.15, -0.1) is 0 Å². The van der Waals surface area contributed by atoms with Gasteiger partial charge in [0.05, 0.1) is 26.6 Å². The highest BCUT2D eigenvalue weighted by Crippen LogP contribution is 2.41. The molecule has 0 saturated heterocycles. The molecule has 0 saturated carbocycles. The topological polar surface area (TPSA) is 99.6 Å². The van der Waals surface area contributed by atoms with E-state index in [1.807, 2.05) is 24.3 Å². The van der Waals surface area contributed by atoms with Crippen LogP contribution in [0.1, 0.15) is 12.5 Å². The Labute approximate surface area is 122 Å². The van der Waals surface area contributed by atoms with Crippen LogP contribution >= 0.6 is 7.60 Å². The minimum atomic E-state index is -3.96. The van der Waals surface area contributed by atoms with Gasteiger partial charge in [-0.1, -0.05) is 12.1 Å². The molecule has 0 aliphatic carbocycles. The third-order valence-electron chi connectivity index (χ3n) is 2.94. The number of hydrogen-bond donors (Lipinski definition) is 2. The van der Waals surface area contributed by atoms with Crippen molar-refractivity contribution in [3.05, 3.63) is 36.2 Å². The summed E-state index contributed by atoms with van der Waals surface area (Å²) in [7, 11) is -2.36. The first kappa shape index (κ1) is 15.6. The highest BCUT2D eigenvalue weighted by atomic mass is 31.2. The van der Waals surface area contributed by atoms with Crippen LogP contribution in [-0.4, -0.2) is 28.2 Å². The molecule has 2 rings (SSSR count). The summed E-state index contributed by atoms with van der Waals surface area (Å²) in [6.07, 6.45) is 1.43. The van der Waals surface area contributed by atoms with Gasteiger partial charge in [0.1, 0.15) is 11.6 Å². The van der Waals surface area contributed by atoms with Gasteiger partial charge >= 0.3 is 7.60 Å². The van der Waals surface area contributed by atoms with E-state index in [1.165, 1.54) is 6.33 Å². The summed E-state index contributed by atoms with van der Waals surface area (Å²) in [6.45, 7) is 2.18. The Balaban J connectivity index is 2.22. The normalized spacial score (nSPS) is 13.9. The van der Waals surface area contributed by atoms with Crippen LogP contribution in [0, 0.1) is 0 Å². The van der Waals surface area contributed by atoms with Crippen molar-refractivity contribution in [3.63, 3.8) is 0 Å². The number of ether oxygens (including phenoxy) is 1. The number of anilines is 1. The molecule has 0 fully saturated rings. The maximum Gasteiger partial charge on any atom is 0.380 e. The summed E-state index contributed by atoms with van der Waals surface area (Å²) >= 11 is 0. The number of methoxy groups -OCH3 is 1. The lowest BCUT2D eigenvalue weighted by Crippen LogP contribution is -2.15. The second-order valence-corrected chi connectivity index (χ2v) is 6.09. The van der Waals surface area contributed by atoms with Crippen molar-refractivity contribution >= 4 is 18.8 Å². The molecule has 0 bridgehead atoms. The second kappa shape index (κ2) is 6.30. The molecule has 1 heterocycles. The SMILES string of the molecule is CCOP(=O)(O)c1ncn(Cc2ccc(OC)cc2)c1N. The largest absolute Gasteiger partial charge is 0.497 e. The van der Waals surface area contributed by atoms with E-state index in [0.29, 0.717) is 6.54 Å². The van der Waals surface area contributed by atoms with Gasteiger partial charge in [-0.3, -0.25) is 4.57 Å². The lowest BCUT2D eigenvalue weighted by molar-refractivity contribution is 0.283. The Morgan fingerprint density at radius 2 is 2.05 bits per heavy atom. The van der Waals surface area contributed by atoms with E-state index in [1.54, 1.807) is 18.6 Å². The Kier molecular flexibility index (Phi) is 4.67. The van der Waals surface area contributed by atoms with Crippen LogP contribution in [0.3, 0.4) is 0 Å². The summed E-state index contributed by atoms with van der Waals surface area (Å²) < 4.78 is 23.5. The van der Waals surface area contributed by atoms with E-state index < -0.39 is 7.60 Å². The minimum absolute atomic E-state index is 0.110. The first-order valence-corrected chi connectivity index (χ1v) is 7.97. The molecule has 0 aliphatic rings. The molecule has 21 heavy (non-hydrogen) atoms. The van der Waals surface area contributed by atoms with Crippen molar-refractivity contribution in [3.8, 4) is 5.75 Å². The van der Waals surface area contributed by atoms with Crippen molar-refractivity contribution in [2.24, 2.45) is 0 Å². The fourth-order valence-corrected chi connectivity index (χ4v) is 2.98. The van der Waals surface area contributed by atoms with Crippen LogP contribution in [0.15, 0.2) is 30.6 Å². The highest BCUT2D eigenvalue weighted by Gasteiger charge is 2.29. The second-order valence-electron chi connectivity index (χ2n) is 4.37. The zero-order chi connectivity index (χ0) is 15.5. The van der Waals surface area contributed by atoms with Gasteiger partial charge in [-0.2, -0.15) is 0 Å². The van der Waals surface area contributed by atoms with Gasteiger partial charge in [0.2, 0.25) is 0 Å². The van der Waals surface area contributed by atoms with Gasteiger partial charge < -0.3 is 24.5 Å². The molecule has 1 aromatic heterocycles. The van der Waals surface area contributed by atoms with E-state index >= 15 is 0 Å². The van der Waals surface area contributed by atoms with Crippen LogP contribution in [0.2, 0.25) is 0 Å². The Morgan fingerprint density at radius 1 is 1.38 bits per heavy atom. The molecular formula is C13H18N3O4P. The smallest absolute Gasteiger partial charge is 0.380 e. The number of nitrogens with two attached hydrogens (primary N) is 1. The van der Waals surface area contributed by atoms with Crippen molar-refractivity contribution in [1.29, 1.82) is 0 Å². The molecule has 0 spiro atoms. The summed E-state index contributed by atoms with van der Waals surface area (Å²) in [4.78, 5) is 13.7. The summed E-state index contributed by atoms with van der Waals surface area (Å²) in [6, 6.07) is 7.44. The third-order valence-corrected chi connectivity index (χ3v) is 4.43. The van der Waals surface area contributed by atoms with E-state index in [9.17, 15) is 9.46 Å². The van der Waals surface area contributed by atoms with Crippen molar-refractivity contribution in [1.82, 2.24) is 9.55 Å². The van der Waals surface area contributed by atoms with Crippen LogP contribution in [0.5, 0.6) is 5.75 Å². The van der Waals surface area contributed by atoms with E-state index in [2.05, 4.69) is 4.98 Å². The quantitative estimate of drug-likeness (QED) is 0.782. The average Bonchev–Trinajstić information content (AvgIpc) is 2.82. The number of aromatic nitrogens is 2. The number of hydrogen-bond acceptors (Lipinski definition) is 5. The fraction of sp³-hybridized carbons (Fsp3) is 0.308. The average molecular weight is 311 g/mol. The first-order chi connectivity index (χ1) is 9.97. The summed E-state index contributed by atoms with van der Waals surface area (Å²) in [5.74, 6) is 0.888. The van der Waals surface area contributed by atoms with Gasteiger partial charge in [0.15, 0.2) is 5.44 Å². The molecule has 1 aromatic carbocycles. The van der Waals surface area contributed by atoms with E-state index in [0.717, 1.165) is 11.3 Å². The van der Waals surface area contributed by atoms with Crippen LogP contribution in [-0.2, 0) is 15.6 Å². The molecule has 7 nitrogen and oxygen atoms in total. The predicted octanol–water partition coefficient (Wildman–Crippen LogP) is 1.37. The maximum absolute atomic E-state index is 11.9. The number of nitrogen functional groups attached to an aromatic ring is 1. The van der Waals surface area contributed by atoms with Crippen molar-refractivity contribution in [2.45, 2.75) is 13.5 Å². The number of benzene rings is 1. The molecular weight excluding hydrogens is 293 g/mol. The Morgan fingerprint density at radius 3 is 2.62 bits per heavy atom. The molecule has 2 aromatic rings. The van der Waals surface area contributed by atoms with Crippen molar-refractivity contribution < 1.29 is 18.7 Å². The Bertz CT molecular complexity index is 654. The summed E-state index contributed by atoms with van der Waals surface area (Å²) in [5, 5.41) is 0. The van der Waals surface area contributed by atoms with E-state index in [4.69, 9.17) is 15.0 Å². The minimum Gasteiger partial charge on any atom is -0.497 e. The van der Waals surface area contributed by atoms with Crippen LogP contribution in [0.4, 0.5) is 5.82 Å². The number of imidazole rings is 1. The lowest BCUT2D eigenvalue weighted by atomic mass is 10.2. The molecule has 3 N–H and O–H groups in total. The van der Waals surface area contributed by atoms with Gasteiger partial charge in [0.25, 0.3) is 0 Å². The zero-order valence-electron chi connectivity index (χ0n) is 11.9. The first-order valence-electron chi connectivity index (χ1n) is 6.39. The monoisotopic (exact) mass is 311 g/mol. The van der Waals surface area contributed by atoms with Gasteiger partial charge in [0, 0.05) is 0 Å². The van der Waals surface area contributed by atoms with Crippen LogP contribution in [0.25, 0.3) is 0 Å². The number of rotatable bonds is 6. The third kappa shape index (κ3) is 3.44. The fourth-order valence-electron chi connectivity index (χ4n) is 1.89. The van der Waals surface area contributed by atoms with Gasteiger partial charge in [-0.05, 0) is 24.6 Å². The lowest BCUT2D eigenvalue weighted by Gasteiger charge is -2.10. The molecule has 8 heteroatoms. The zero-order valence-corrected chi connectivity index (χ0v) is 12.8. The Hall–Kier alpha value is -1.82. The standard InChI is InChI=1S/C13H18N3O4P/c1-3-20-21(17,18)13-12(14)16(9-15-13)8-10-4-6-11(19-2)7-5-10/h4-7,9H,3,8,14H2,1-2H3,(H,17,18). The van der Waals surface area contributed by atoms with Crippen molar-refractivity contribution in [2.75, 3.05) is 19.5 Å². The number of nitrogens with zero attached hydrogens (tertiary/aromatic N) is 2.